The minimum atomic E-state index is 0.757. The second-order valence-electron chi connectivity index (χ2n) is 10.5. The lowest BCUT2D eigenvalue weighted by Gasteiger charge is -2.22. The van der Waals surface area contributed by atoms with Crippen molar-refractivity contribution in [3.8, 4) is 44.8 Å². The van der Waals surface area contributed by atoms with Gasteiger partial charge in [-0.05, 0) is 23.3 Å². The van der Waals surface area contributed by atoms with Gasteiger partial charge >= 0.3 is 0 Å². The maximum Gasteiger partial charge on any atom is 0.119 e. The van der Waals surface area contributed by atoms with Gasteiger partial charge in [0.2, 0.25) is 0 Å². The molecule has 0 bridgehead atoms. The normalized spacial score (nSPS) is 10.7. The van der Waals surface area contributed by atoms with Crippen molar-refractivity contribution in [2.24, 2.45) is 0 Å². The van der Waals surface area contributed by atoms with Crippen LogP contribution in [0, 0.1) is 0 Å². The minimum Gasteiger partial charge on any atom is -0.351 e. The van der Waals surface area contributed by atoms with E-state index in [9.17, 15) is 0 Å². The molecule has 0 spiro atoms. The third-order valence-corrected chi connectivity index (χ3v) is 7.61. The first kappa shape index (κ1) is 26.9. The van der Waals surface area contributed by atoms with Crippen molar-refractivity contribution in [1.29, 1.82) is 0 Å². The lowest BCUT2D eigenvalue weighted by molar-refractivity contribution is 1.05. The summed E-state index contributed by atoms with van der Waals surface area (Å²) in [6, 6.07) is 58.1. The van der Waals surface area contributed by atoms with Gasteiger partial charge in [0.1, 0.15) is 11.4 Å². The van der Waals surface area contributed by atoms with Gasteiger partial charge in [0.15, 0.2) is 0 Å². The van der Waals surface area contributed by atoms with E-state index in [2.05, 4.69) is 132 Å². The fraction of sp³-hybridized carbons (Fsp3) is 0. The number of aromatic nitrogens is 2. The van der Waals surface area contributed by atoms with E-state index in [-0.39, 0.29) is 0 Å². The van der Waals surface area contributed by atoms with Gasteiger partial charge in [0.05, 0.1) is 11.4 Å². The molecule has 4 heteroatoms. The fourth-order valence-corrected chi connectivity index (χ4v) is 5.47. The molecule has 0 radical (unpaired) electrons. The second kappa shape index (κ2) is 12.5. The monoisotopic (exact) mass is 566 g/mol. The fourth-order valence-electron chi connectivity index (χ4n) is 5.47. The number of rotatable bonds is 8. The second-order valence-corrected chi connectivity index (χ2v) is 10.5. The van der Waals surface area contributed by atoms with E-state index in [1.54, 1.807) is 0 Å². The van der Waals surface area contributed by atoms with Crippen molar-refractivity contribution >= 4 is 22.7 Å². The third kappa shape index (κ3) is 5.57. The summed E-state index contributed by atoms with van der Waals surface area (Å²) in [4.78, 5) is 0. The number of anilines is 4. The lowest BCUT2D eigenvalue weighted by Crippen LogP contribution is -2.07. The smallest absolute Gasteiger partial charge is 0.119 e. The van der Waals surface area contributed by atoms with Crippen LogP contribution in [-0.4, -0.2) is 10.2 Å². The van der Waals surface area contributed by atoms with Gasteiger partial charge in [-0.25, -0.2) is 0 Å². The summed E-state index contributed by atoms with van der Waals surface area (Å²) in [5, 5.41) is 17.4. The zero-order valence-corrected chi connectivity index (χ0v) is 24.1. The van der Waals surface area contributed by atoms with Gasteiger partial charge in [0.25, 0.3) is 0 Å². The highest BCUT2D eigenvalue weighted by molar-refractivity contribution is 5.99. The molecule has 6 aromatic carbocycles. The summed E-state index contributed by atoms with van der Waals surface area (Å²) in [6.07, 6.45) is 0. The number of hydrogen-bond acceptors (Lipinski definition) is 4. The molecule has 1 heterocycles. The largest absolute Gasteiger partial charge is 0.351 e. The summed E-state index contributed by atoms with van der Waals surface area (Å²) in [5.74, 6) is 0. The highest BCUT2D eigenvalue weighted by Gasteiger charge is 2.22. The standard InChI is InChI=1S/C40H30N4/c1-5-17-29(18-6-1)33-25-13-15-27-35(33)41-39-37(31-21-9-3-10-22-31)43-44-38(32-23-11-4-12-24-32)40(39)42-36-28-16-14-26-34(36)30-19-7-2-8-20-30/h1-28H,(H,41,44)(H,42,43). The van der Waals surface area contributed by atoms with Crippen LogP contribution in [0.25, 0.3) is 44.8 Å². The van der Waals surface area contributed by atoms with E-state index in [1.165, 1.54) is 0 Å². The van der Waals surface area contributed by atoms with Gasteiger partial charge in [-0.15, -0.1) is 10.2 Å². The molecule has 0 unspecified atom stereocenters. The number of hydrogen-bond donors (Lipinski definition) is 2. The highest BCUT2D eigenvalue weighted by atomic mass is 15.2. The first-order valence-corrected chi connectivity index (χ1v) is 14.7. The van der Waals surface area contributed by atoms with E-state index < -0.39 is 0 Å². The first-order valence-electron chi connectivity index (χ1n) is 14.7. The molecule has 7 rings (SSSR count). The minimum absolute atomic E-state index is 0.757. The van der Waals surface area contributed by atoms with Crippen LogP contribution in [0.5, 0.6) is 0 Å². The van der Waals surface area contributed by atoms with Crippen molar-refractivity contribution < 1.29 is 0 Å². The molecule has 1 aromatic heterocycles. The predicted octanol–water partition coefficient (Wildman–Crippen LogP) is 10.6. The average molecular weight is 567 g/mol. The molecule has 0 aliphatic rings. The summed E-state index contributed by atoms with van der Waals surface area (Å²) in [7, 11) is 0. The molecule has 4 nitrogen and oxygen atoms in total. The molecule has 0 amide bonds. The van der Waals surface area contributed by atoms with E-state index in [0.717, 1.165) is 67.5 Å². The molecular weight excluding hydrogens is 536 g/mol. The summed E-state index contributed by atoms with van der Waals surface area (Å²) < 4.78 is 0. The molecule has 0 aliphatic heterocycles. The van der Waals surface area contributed by atoms with Crippen LogP contribution in [0.3, 0.4) is 0 Å². The van der Waals surface area contributed by atoms with E-state index >= 15 is 0 Å². The van der Waals surface area contributed by atoms with Crippen molar-refractivity contribution in [2.45, 2.75) is 0 Å². The molecule has 0 saturated carbocycles. The van der Waals surface area contributed by atoms with Gasteiger partial charge < -0.3 is 10.6 Å². The summed E-state index contributed by atoms with van der Waals surface area (Å²) in [6.45, 7) is 0. The topological polar surface area (TPSA) is 49.8 Å². The Morgan fingerprint density at radius 1 is 0.295 bits per heavy atom. The van der Waals surface area contributed by atoms with Crippen LogP contribution in [0.15, 0.2) is 170 Å². The zero-order valence-electron chi connectivity index (χ0n) is 24.1. The lowest BCUT2D eigenvalue weighted by atomic mass is 10.0. The first-order chi connectivity index (χ1) is 21.8. The van der Waals surface area contributed by atoms with E-state index in [4.69, 9.17) is 10.2 Å². The Morgan fingerprint density at radius 3 is 0.955 bits per heavy atom. The summed E-state index contributed by atoms with van der Waals surface area (Å²) in [5.41, 5.74) is 11.6. The Balaban J connectivity index is 1.47. The van der Waals surface area contributed by atoms with Crippen LogP contribution >= 0.6 is 0 Å². The zero-order chi connectivity index (χ0) is 29.6. The molecule has 7 aromatic rings. The van der Waals surface area contributed by atoms with Crippen LogP contribution in [-0.2, 0) is 0 Å². The highest BCUT2D eigenvalue weighted by Crippen LogP contribution is 2.44. The predicted molar refractivity (Wildman–Crippen MR) is 183 cm³/mol. The van der Waals surface area contributed by atoms with Crippen LogP contribution in [0.2, 0.25) is 0 Å². The SMILES string of the molecule is c1ccc(-c2ccccc2Nc2c(-c3ccccc3)nnc(-c3ccccc3)c2Nc2ccccc2-c2ccccc2)cc1. The Morgan fingerprint density at radius 2 is 0.591 bits per heavy atom. The van der Waals surface area contributed by atoms with Crippen molar-refractivity contribution in [3.05, 3.63) is 170 Å². The maximum absolute atomic E-state index is 4.85. The summed E-state index contributed by atoms with van der Waals surface area (Å²) >= 11 is 0. The van der Waals surface area contributed by atoms with Crippen LogP contribution in [0.4, 0.5) is 22.7 Å². The van der Waals surface area contributed by atoms with Crippen LogP contribution < -0.4 is 10.6 Å². The van der Waals surface area contributed by atoms with Crippen LogP contribution in [0.1, 0.15) is 0 Å². The third-order valence-electron chi connectivity index (χ3n) is 7.61. The Labute approximate surface area is 257 Å². The van der Waals surface area contributed by atoms with E-state index in [1.807, 2.05) is 48.5 Å². The number of benzene rings is 6. The maximum atomic E-state index is 4.85. The number of nitrogens with one attached hydrogen (secondary N) is 2. The Hall–Kier alpha value is -6.00. The van der Waals surface area contributed by atoms with Gasteiger partial charge in [-0.2, -0.15) is 0 Å². The quantitative estimate of drug-likeness (QED) is 0.192. The van der Waals surface area contributed by atoms with Gasteiger partial charge in [-0.1, -0.05) is 158 Å². The number of nitrogens with zero attached hydrogens (tertiary/aromatic N) is 2. The molecular formula is C40H30N4. The molecule has 210 valence electrons. The Kier molecular flexibility index (Phi) is 7.62. The molecule has 2 N–H and O–H groups in total. The van der Waals surface area contributed by atoms with Gasteiger partial charge in [-0.3, -0.25) is 0 Å². The molecule has 0 saturated heterocycles. The molecule has 0 aliphatic carbocycles. The van der Waals surface area contributed by atoms with Gasteiger partial charge in [0, 0.05) is 33.6 Å². The van der Waals surface area contributed by atoms with E-state index in [0.29, 0.717) is 0 Å². The molecule has 0 fully saturated rings. The van der Waals surface area contributed by atoms with Crippen molar-refractivity contribution in [1.82, 2.24) is 10.2 Å². The molecule has 0 atom stereocenters. The Bertz CT molecular complexity index is 1840. The molecule has 44 heavy (non-hydrogen) atoms. The van der Waals surface area contributed by atoms with Crippen molar-refractivity contribution in [3.63, 3.8) is 0 Å². The number of para-hydroxylation sites is 2. The van der Waals surface area contributed by atoms with Crippen molar-refractivity contribution in [2.75, 3.05) is 10.6 Å². The average Bonchev–Trinajstić information content (AvgIpc) is 3.11.